The first-order valence-electron chi connectivity index (χ1n) is 7.12. The van der Waals surface area contributed by atoms with Gasteiger partial charge in [0.25, 0.3) is 5.91 Å². The van der Waals surface area contributed by atoms with Gasteiger partial charge >= 0.3 is 5.97 Å². The average Bonchev–Trinajstić information content (AvgIpc) is 2.53. The summed E-state index contributed by atoms with van der Waals surface area (Å²) in [6.07, 6.45) is 3.55. The van der Waals surface area contributed by atoms with Gasteiger partial charge in [0.1, 0.15) is 5.69 Å². The van der Waals surface area contributed by atoms with Gasteiger partial charge in [0, 0.05) is 32.4 Å². The number of likely N-dealkylation sites (tertiary alicyclic amines) is 1. The Labute approximate surface area is 134 Å². The van der Waals surface area contributed by atoms with Crippen LogP contribution in [0.2, 0.25) is 0 Å². The lowest BCUT2D eigenvalue weighted by Gasteiger charge is -2.35. The molecule has 8 nitrogen and oxygen atoms in total. The third-order valence-corrected chi connectivity index (χ3v) is 5.36. The number of carboxylic acids is 1. The Hall–Kier alpha value is -2.00. The predicted octanol–water partition coefficient (Wildman–Crippen LogP) is 0.276. The first-order valence-corrected chi connectivity index (χ1v) is 8.96. The molecule has 0 aliphatic carbocycles. The first-order chi connectivity index (χ1) is 10.7. The highest BCUT2D eigenvalue weighted by molar-refractivity contribution is 7.88. The molecule has 1 amide bonds. The molecule has 0 aromatic carbocycles. The van der Waals surface area contributed by atoms with E-state index in [1.54, 1.807) is 11.9 Å². The van der Waals surface area contributed by atoms with Gasteiger partial charge in [-0.2, -0.15) is 0 Å². The minimum absolute atomic E-state index is 0.110. The number of sulfonamides is 1. The van der Waals surface area contributed by atoms with Crippen LogP contribution in [0.4, 0.5) is 0 Å². The molecule has 126 valence electrons. The number of aromatic carboxylic acids is 1. The van der Waals surface area contributed by atoms with Crippen molar-refractivity contribution in [2.24, 2.45) is 0 Å². The van der Waals surface area contributed by atoms with Gasteiger partial charge in [-0.25, -0.2) is 22.5 Å². The summed E-state index contributed by atoms with van der Waals surface area (Å²) in [5.74, 6) is -1.37. The van der Waals surface area contributed by atoms with Crippen molar-refractivity contribution in [2.45, 2.75) is 18.9 Å². The number of hydrogen-bond acceptors (Lipinski definition) is 5. The van der Waals surface area contributed by atoms with E-state index in [0.717, 1.165) is 0 Å². The molecule has 1 aromatic rings. The molecule has 2 heterocycles. The minimum atomic E-state index is -3.24. The zero-order valence-corrected chi connectivity index (χ0v) is 13.8. The second-order valence-corrected chi connectivity index (χ2v) is 7.58. The molecular weight excluding hydrogens is 322 g/mol. The van der Waals surface area contributed by atoms with Crippen LogP contribution in [0.1, 0.15) is 33.7 Å². The predicted molar refractivity (Wildman–Crippen MR) is 82.7 cm³/mol. The number of carboxylic acid groups (broad SMARTS) is 1. The number of rotatable bonds is 4. The quantitative estimate of drug-likeness (QED) is 0.842. The van der Waals surface area contributed by atoms with Gasteiger partial charge in [0.15, 0.2) is 0 Å². The van der Waals surface area contributed by atoms with E-state index in [1.807, 2.05) is 0 Å². The van der Waals surface area contributed by atoms with E-state index < -0.39 is 16.0 Å². The van der Waals surface area contributed by atoms with Crippen LogP contribution in [-0.2, 0) is 10.0 Å². The molecular formula is C14H19N3O5S. The van der Waals surface area contributed by atoms with E-state index in [9.17, 15) is 18.0 Å². The number of piperidine rings is 1. The Morgan fingerprint density at radius 1 is 1.30 bits per heavy atom. The molecule has 0 spiro atoms. The van der Waals surface area contributed by atoms with Crippen LogP contribution in [0.5, 0.6) is 0 Å². The second-order valence-electron chi connectivity index (χ2n) is 5.54. The van der Waals surface area contributed by atoms with E-state index in [2.05, 4.69) is 4.98 Å². The van der Waals surface area contributed by atoms with Crippen LogP contribution < -0.4 is 0 Å². The van der Waals surface area contributed by atoms with E-state index >= 15 is 0 Å². The molecule has 1 saturated heterocycles. The molecule has 1 aromatic heterocycles. The van der Waals surface area contributed by atoms with Gasteiger partial charge in [-0.05, 0) is 25.0 Å². The second kappa shape index (κ2) is 6.63. The van der Waals surface area contributed by atoms with Crippen molar-refractivity contribution in [2.75, 3.05) is 26.4 Å². The third kappa shape index (κ3) is 4.05. The van der Waals surface area contributed by atoms with Crippen LogP contribution in [0.3, 0.4) is 0 Å². The molecule has 1 fully saturated rings. The van der Waals surface area contributed by atoms with E-state index in [4.69, 9.17) is 5.11 Å². The zero-order valence-electron chi connectivity index (χ0n) is 13.0. The van der Waals surface area contributed by atoms with E-state index in [1.165, 1.54) is 28.9 Å². The fourth-order valence-corrected chi connectivity index (χ4v) is 3.29. The smallest absolute Gasteiger partial charge is 0.354 e. The summed E-state index contributed by atoms with van der Waals surface area (Å²) in [5.41, 5.74) is 0.208. The minimum Gasteiger partial charge on any atom is -0.477 e. The van der Waals surface area contributed by atoms with Crippen molar-refractivity contribution in [3.8, 4) is 0 Å². The van der Waals surface area contributed by atoms with E-state index in [0.29, 0.717) is 31.5 Å². The summed E-state index contributed by atoms with van der Waals surface area (Å²) >= 11 is 0. The molecule has 2 rings (SSSR count). The highest BCUT2D eigenvalue weighted by Crippen LogP contribution is 2.19. The van der Waals surface area contributed by atoms with Crippen molar-refractivity contribution in [1.82, 2.24) is 14.2 Å². The molecule has 9 heteroatoms. The maximum absolute atomic E-state index is 12.4. The fourth-order valence-electron chi connectivity index (χ4n) is 2.53. The van der Waals surface area contributed by atoms with Gasteiger partial charge in [-0.3, -0.25) is 4.79 Å². The standard InChI is InChI=1S/C14H19N3O5S/c1-16(23(2,21)22)11-5-7-17(8-6-11)13(18)10-3-4-12(14(19)20)15-9-10/h3-4,9,11H,5-8H2,1-2H3,(H,19,20). The van der Waals surface area contributed by atoms with Gasteiger partial charge in [-0.15, -0.1) is 0 Å². The summed E-state index contributed by atoms with van der Waals surface area (Å²) in [6, 6.07) is 2.62. The van der Waals surface area contributed by atoms with Crippen LogP contribution in [0, 0.1) is 0 Å². The van der Waals surface area contributed by atoms with Gasteiger partial charge in [0.05, 0.1) is 11.8 Å². The summed E-state index contributed by atoms with van der Waals surface area (Å²) in [7, 11) is -1.69. The molecule has 0 saturated carbocycles. The van der Waals surface area contributed by atoms with Gasteiger partial charge < -0.3 is 10.0 Å². The Morgan fingerprint density at radius 3 is 2.35 bits per heavy atom. The molecule has 0 unspecified atom stereocenters. The summed E-state index contributed by atoms with van der Waals surface area (Å²) in [6.45, 7) is 0.897. The summed E-state index contributed by atoms with van der Waals surface area (Å²) in [5, 5.41) is 8.80. The highest BCUT2D eigenvalue weighted by Gasteiger charge is 2.29. The number of amides is 1. The average molecular weight is 341 g/mol. The lowest BCUT2D eigenvalue weighted by atomic mass is 10.0. The van der Waals surface area contributed by atoms with Crippen LogP contribution in [-0.4, -0.2) is 72.0 Å². The van der Waals surface area contributed by atoms with Crippen LogP contribution >= 0.6 is 0 Å². The number of hydrogen-bond donors (Lipinski definition) is 1. The van der Waals surface area contributed by atoms with Gasteiger partial charge in [-0.1, -0.05) is 0 Å². The lowest BCUT2D eigenvalue weighted by Crippen LogP contribution is -2.47. The van der Waals surface area contributed by atoms with Crippen molar-refractivity contribution < 1.29 is 23.1 Å². The highest BCUT2D eigenvalue weighted by atomic mass is 32.2. The maximum Gasteiger partial charge on any atom is 0.354 e. The SMILES string of the molecule is CN(C1CCN(C(=O)c2ccc(C(=O)O)nc2)CC1)S(C)(=O)=O. The van der Waals surface area contributed by atoms with E-state index in [-0.39, 0.29) is 17.6 Å². The van der Waals surface area contributed by atoms with Crippen molar-refractivity contribution >= 4 is 21.9 Å². The van der Waals surface area contributed by atoms with Crippen LogP contribution in [0.15, 0.2) is 18.3 Å². The molecule has 23 heavy (non-hydrogen) atoms. The molecule has 0 bridgehead atoms. The first kappa shape index (κ1) is 17.4. The lowest BCUT2D eigenvalue weighted by molar-refractivity contribution is 0.0672. The Kier molecular flexibility index (Phi) is 5.00. The molecule has 0 radical (unpaired) electrons. The number of carbonyl (C=O) groups excluding carboxylic acids is 1. The maximum atomic E-state index is 12.4. The topological polar surface area (TPSA) is 108 Å². The Balaban J connectivity index is 1.99. The fraction of sp³-hybridized carbons (Fsp3) is 0.500. The normalized spacial score (nSPS) is 16.6. The molecule has 1 N–H and O–H groups in total. The van der Waals surface area contributed by atoms with Crippen molar-refractivity contribution in [1.29, 1.82) is 0 Å². The summed E-state index contributed by atoms with van der Waals surface area (Å²) < 4.78 is 24.4. The number of aromatic nitrogens is 1. The number of pyridine rings is 1. The molecule has 0 atom stereocenters. The Bertz CT molecular complexity index is 694. The number of carbonyl (C=O) groups is 2. The largest absolute Gasteiger partial charge is 0.477 e. The summed E-state index contributed by atoms with van der Waals surface area (Å²) in [4.78, 5) is 28.5. The van der Waals surface area contributed by atoms with Crippen molar-refractivity contribution in [3.63, 3.8) is 0 Å². The Morgan fingerprint density at radius 2 is 1.91 bits per heavy atom. The third-order valence-electron chi connectivity index (χ3n) is 4.02. The zero-order chi connectivity index (χ0) is 17.2. The monoisotopic (exact) mass is 341 g/mol. The van der Waals surface area contributed by atoms with Crippen LogP contribution in [0.25, 0.3) is 0 Å². The molecule has 1 aliphatic heterocycles. The number of nitrogens with zero attached hydrogens (tertiary/aromatic N) is 3. The molecule has 1 aliphatic rings. The van der Waals surface area contributed by atoms with Crippen molar-refractivity contribution in [3.05, 3.63) is 29.6 Å². The van der Waals surface area contributed by atoms with Gasteiger partial charge in [0.2, 0.25) is 10.0 Å².